The molecular formula is C30H34N2O4P2. The van der Waals surface area contributed by atoms with Crippen LogP contribution in [0.15, 0.2) is 97.1 Å². The Morgan fingerprint density at radius 2 is 0.553 bits per heavy atom. The van der Waals surface area contributed by atoms with Crippen LogP contribution < -0.4 is 40.2 Å². The minimum atomic E-state index is -0.903. The van der Waals surface area contributed by atoms with Crippen molar-refractivity contribution in [2.24, 2.45) is 0 Å². The van der Waals surface area contributed by atoms with Gasteiger partial charge in [0, 0.05) is 30.2 Å². The van der Waals surface area contributed by atoms with Crippen LogP contribution in [0, 0.1) is 0 Å². The van der Waals surface area contributed by atoms with Crippen molar-refractivity contribution < 1.29 is 18.9 Å². The molecule has 0 amide bonds. The lowest BCUT2D eigenvalue weighted by atomic mass is 10.3. The number of benzene rings is 4. The molecule has 0 aliphatic heterocycles. The summed E-state index contributed by atoms with van der Waals surface area (Å²) < 4.78 is 26.5. The monoisotopic (exact) mass is 548 g/mol. The van der Waals surface area contributed by atoms with E-state index in [1.807, 2.05) is 48.5 Å². The molecule has 8 heteroatoms. The summed E-state index contributed by atoms with van der Waals surface area (Å²) in [6.07, 6.45) is 0. The van der Waals surface area contributed by atoms with Gasteiger partial charge in [-0.25, -0.2) is 9.56 Å². The molecule has 4 rings (SSSR count). The van der Waals surface area contributed by atoms with E-state index in [1.54, 1.807) is 28.4 Å². The predicted molar refractivity (Wildman–Crippen MR) is 160 cm³/mol. The zero-order valence-electron chi connectivity index (χ0n) is 22.7. The lowest BCUT2D eigenvalue weighted by Crippen LogP contribution is -2.39. The summed E-state index contributed by atoms with van der Waals surface area (Å²) in [6.45, 7) is 0. The molecule has 0 fully saturated rings. The van der Waals surface area contributed by atoms with Crippen molar-refractivity contribution in [2.45, 2.75) is 0 Å². The van der Waals surface area contributed by atoms with Crippen LogP contribution in [0.3, 0.4) is 0 Å². The zero-order chi connectivity index (χ0) is 27.1. The third-order valence-corrected chi connectivity index (χ3v) is 11.3. The van der Waals surface area contributed by atoms with Crippen molar-refractivity contribution in [2.75, 3.05) is 42.5 Å². The fraction of sp³-hybridized carbons (Fsp3) is 0.200. The SMILES string of the molecule is COc1ccc(P(c2ccc(OC)cc2)N(C)N(C)P(c2ccc(OC)cc2)c2ccc(OC)cc2)cc1. The van der Waals surface area contributed by atoms with Crippen molar-refractivity contribution >= 4 is 37.4 Å². The van der Waals surface area contributed by atoms with Crippen LogP contribution in [0.5, 0.6) is 23.0 Å². The van der Waals surface area contributed by atoms with Gasteiger partial charge in [-0.3, -0.25) is 0 Å². The number of hydrogen-bond acceptors (Lipinski definition) is 6. The molecule has 0 atom stereocenters. The number of hydrogen-bond donors (Lipinski definition) is 0. The molecule has 0 aliphatic carbocycles. The van der Waals surface area contributed by atoms with E-state index in [9.17, 15) is 0 Å². The molecule has 0 spiro atoms. The lowest BCUT2D eigenvalue weighted by molar-refractivity contribution is 0.271. The summed E-state index contributed by atoms with van der Waals surface area (Å²) in [5.41, 5.74) is 0. The van der Waals surface area contributed by atoms with E-state index in [0.717, 1.165) is 23.0 Å². The second kappa shape index (κ2) is 13.1. The Morgan fingerprint density at radius 3 is 0.711 bits per heavy atom. The zero-order valence-corrected chi connectivity index (χ0v) is 24.4. The second-order valence-electron chi connectivity index (χ2n) is 8.39. The van der Waals surface area contributed by atoms with Gasteiger partial charge in [0.25, 0.3) is 0 Å². The van der Waals surface area contributed by atoms with Crippen molar-refractivity contribution in [3.05, 3.63) is 97.1 Å². The van der Waals surface area contributed by atoms with Crippen LogP contribution in [0.4, 0.5) is 0 Å². The van der Waals surface area contributed by atoms with Gasteiger partial charge in [0.05, 0.1) is 28.4 Å². The Morgan fingerprint density at radius 1 is 0.368 bits per heavy atom. The van der Waals surface area contributed by atoms with Crippen LogP contribution in [0.1, 0.15) is 0 Å². The third-order valence-electron chi connectivity index (χ3n) is 6.27. The summed E-state index contributed by atoms with van der Waals surface area (Å²) in [6, 6.07) is 33.4. The molecule has 0 radical (unpaired) electrons. The highest BCUT2D eigenvalue weighted by Gasteiger charge is 2.29. The second-order valence-corrected chi connectivity index (χ2v) is 12.9. The molecule has 0 bridgehead atoms. The van der Waals surface area contributed by atoms with Gasteiger partial charge >= 0.3 is 0 Å². The van der Waals surface area contributed by atoms with Gasteiger partial charge in [-0.05, 0) is 118 Å². The van der Waals surface area contributed by atoms with E-state index in [2.05, 4.69) is 72.2 Å². The average Bonchev–Trinajstić information content (AvgIpc) is 2.98. The van der Waals surface area contributed by atoms with E-state index in [4.69, 9.17) is 18.9 Å². The number of hydrazine groups is 1. The maximum Gasteiger partial charge on any atom is 0.118 e. The van der Waals surface area contributed by atoms with Gasteiger partial charge in [0.1, 0.15) is 23.0 Å². The van der Waals surface area contributed by atoms with E-state index < -0.39 is 16.1 Å². The highest BCUT2D eigenvalue weighted by Crippen LogP contribution is 2.47. The topological polar surface area (TPSA) is 43.4 Å². The molecule has 4 aromatic rings. The molecule has 0 unspecified atom stereocenters. The maximum atomic E-state index is 5.43. The fourth-order valence-electron chi connectivity index (χ4n) is 4.12. The van der Waals surface area contributed by atoms with Crippen LogP contribution in [-0.2, 0) is 0 Å². The van der Waals surface area contributed by atoms with Crippen LogP contribution in [0.25, 0.3) is 0 Å². The smallest absolute Gasteiger partial charge is 0.118 e. The molecule has 4 aromatic carbocycles. The molecule has 0 heterocycles. The van der Waals surface area contributed by atoms with E-state index in [-0.39, 0.29) is 0 Å². The normalized spacial score (nSPS) is 11.3. The molecule has 0 aromatic heterocycles. The summed E-state index contributed by atoms with van der Waals surface area (Å²) in [4.78, 5) is 0. The summed E-state index contributed by atoms with van der Waals surface area (Å²) in [7, 11) is 9.30. The number of rotatable bonds is 11. The molecule has 0 N–H and O–H groups in total. The van der Waals surface area contributed by atoms with Gasteiger partial charge < -0.3 is 18.9 Å². The lowest BCUT2D eigenvalue weighted by Gasteiger charge is -2.40. The molecule has 0 saturated carbocycles. The molecule has 6 nitrogen and oxygen atoms in total. The Kier molecular flexibility index (Phi) is 9.60. The third kappa shape index (κ3) is 6.28. The summed E-state index contributed by atoms with van der Waals surface area (Å²) in [5.74, 6) is 3.36. The fourth-order valence-corrected chi connectivity index (χ4v) is 8.78. The van der Waals surface area contributed by atoms with Gasteiger partial charge in [-0.2, -0.15) is 0 Å². The quantitative estimate of drug-likeness (QED) is 0.196. The van der Waals surface area contributed by atoms with Gasteiger partial charge in [0.2, 0.25) is 0 Å². The average molecular weight is 549 g/mol. The molecule has 0 aliphatic rings. The Balaban J connectivity index is 1.78. The minimum absolute atomic E-state index is 0.841. The highest BCUT2D eigenvalue weighted by molar-refractivity contribution is 7.73. The summed E-state index contributed by atoms with van der Waals surface area (Å²) >= 11 is 0. The maximum absolute atomic E-state index is 5.43. The van der Waals surface area contributed by atoms with E-state index in [0.29, 0.717) is 0 Å². The van der Waals surface area contributed by atoms with Crippen LogP contribution in [0.2, 0.25) is 0 Å². The standard InChI is InChI=1S/C30H34N2O4P2/c1-31(37(27-15-7-23(33-3)8-16-27)28-17-9-24(34-4)10-18-28)32(2)38(29-19-11-25(35-5)12-20-29)30-21-13-26(36-6)14-22-30/h7-22H,1-6H3. The van der Waals surface area contributed by atoms with Gasteiger partial charge in [-0.1, -0.05) is 0 Å². The van der Waals surface area contributed by atoms with E-state index >= 15 is 0 Å². The first-order valence-electron chi connectivity index (χ1n) is 12.1. The molecule has 38 heavy (non-hydrogen) atoms. The van der Waals surface area contributed by atoms with Crippen LogP contribution in [-0.4, -0.2) is 52.1 Å². The Labute approximate surface area is 228 Å². The predicted octanol–water partition coefficient (Wildman–Crippen LogP) is 4.90. The van der Waals surface area contributed by atoms with Crippen LogP contribution >= 0.6 is 16.1 Å². The van der Waals surface area contributed by atoms with Gasteiger partial charge in [-0.15, -0.1) is 0 Å². The van der Waals surface area contributed by atoms with Crippen molar-refractivity contribution in [3.63, 3.8) is 0 Å². The van der Waals surface area contributed by atoms with Crippen molar-refractivity contribution in [3.8, 4) is 23.0 Å². The number of methoxy groups -OCH3 is 4. The Hall–Kier alpha value is -3.14. The first-order valence-corrected chi connectivity index (χ1v) is 14.7. The summed E-state index contributed by atoms with van der Waals surface area (Å²) in [5, 5.41) is 4.89. The first kappa shape index (κ1) is 27.9. The Bertz CT molecular complexity index is 1090. The van der Waals surface area contributed by atoms with Crippen molar-refractivity contribution in [1.29, 1.82) is 0 Å². The molecule has 0 saturated heterocycles. The molecule has 198 valence electrons. The highest BCUT2D eigenvalue weighted by atomic mass is 31.1. The van der Waals surface area contributed by atoms with Crippen molar-refractivity contribution in [1.82, 2.24) is 9.56 Å². The van der Waals surface area contributed by atoms with Gasteiger partial charge in [0.15, 0.2) is 0 Å². The molecular weight excluding hydrogens is 514 g/mol. The first-order chi connectivity index (χ1) is 18.5. The number of nitrogens with zero attached hydrogens (tertiary/aromatic N) is 2. The van der Waals surface area contributed by atoms with E-state index in [1.165, 1.54) is 21.2 Å². The number of ether oxygens (including phenoxy) is 4. The minimum Gasteiger partial charge on any atom is -0.497 e. The largest absolute Gasteiger partial charge is 0.497 e.